The molecule has 0 amide bonds. The molecule has 0 radical (unpaired) electrons. The second-order valence-corrected chi connectivity index (χ2v) is 2.11. The van der Waals surface area contributed by atoms with Crippen molar-refractivity contribution in [3.8, 4) is 0 Å². The number of nitrogens with zero attached hydrogens (tertiary/aromatic N) is 2. The Morgan fingerprint density at radius 1 is 0.857 bits per heavy atom. The first-order chi connectivity index (χ1) is 6.83. The molecule has 0 saturated heterocycles. The van der Waals surface area contributed by atoms with Gasteiger partial charge in [-0.15, -0.1) is 0 Å². The van der Waals surface area contributed by atoms with Gasteiger partial charge in [0.25, 0.3) is 0 Å². The van der Waals surface area contributed by atoms with E-state index in [0.717, 1.165) is 25.3 Å². The summed E-state index contributed by atoms with van der Waals surface area (Å²) < 4.78 is 0. The molecule has 0 spiro atoms. The van der Waals surface area contributed by atoms with Crippen molar-refractivity contribution in [2.75, 3.05) is 13.1 Å². The molecule has 0 aromatic rings. The Morgan fingerprint density at radius 3 is 1.50 bits per heavy atom. The zero-order valence-corrected chi connectivity index (χ0v) is 7.65. The quantitative estimate of drug-likeness (QED) is 0.386. The minimum absolute atomic E-state index is 0.522. The second kappa shape index (κ2) is 17.3. The smallest absolute Gasteiger partial charge is 0.222 e. The highest BCUT2D eigenvalue weighted by Gasteiger charge is 1.85. The van der Waals surface area contributed by atoms with E-state index in [2.05, 4.69) is 9.98 Å². The van der Waals surface area contributed by atoms with Gasteiger partial charge in [0.2, 0.25) is 18.2 Å². The van der Waals surface area contributed by atoms with Gasteiger partial charge in [0.05, 0.1) is 13.1 Å². The molecule has 6 nitrogen and oxygen atoms in total. The summed E-state index contributed by atoms with van der Waals surface area (Å²) >= 11 is 0. The van der Waals surface area contributed by atoms with Crippen LogP contribution < -0.4 is 0 Å². The monoisotopic (exact) mass is 197 g/mol. The molecule has 0 rings (SSSR count). The molecular weight excluding hydrogens is 186 g/mol. The summed E-state index contributed by atoms with van der Waals surface area (Å²) in [7, 11) is 0. The maximum Gasteiger partial charge on any atom is 0.234 e. The lowest BCUT2D eigenvalue weighted by atomic mass is 10.2. The van der Waals surface area contributed by atoms with Gasteiger partial charge in [-0.1, -0.05) is 0 Å². The summed E-state index contributed by atoms with van der Waals surface area (Å²) in [6, 6.07) is 0. The number of aliphatic imine (C=N–C) groups is 2. The molecule has 0 aromatic carbocycles. The fraction of sp³-hybridized carbons (Fsp3) is 0.625. The van der Waals surface area contributed by atoms with E-state index in [9.17, 15) is 9.59 Å². The van der Waals surface area contributed by atoms with Crippen LogP contribution in [0.3, 0.4) is 0 Å². The van der Waals surface area contributed by atoms with E-state index in [1.54, 1.807) is 0 Å². The topological polar surface area (TPSA) is 99.8 Å². The summed E-state index contributed by atoms with van der Waals surface area (Å²) in [4.78, 5) is 34.3. The van der Waals surface area contributed by atoms with Crippen molar-refractivity contribution in [2.24, 2.45) is 9.98 Å². The van der Waals surface area contributed by atoms with Crippen LogP contribution in [-0.4, -0.2) is 31.3 Å². The predicted octanol–water partition coefficient (Wildman–Crippen LogP) is 0.729. The number of rotatable bonds is 6. The number of hydrogen-bond acceptors (Lipinski definition) is 6. The van der Waals surface area contributed by atoms with E-state index in [1.807, 2.05) is 0 Å². The largest absolute Gasteiger partial charge is 0.234 e. The Labute approximate surface area is 81.3 Å². The molecule has 1 N–H and O–H groups in total. The highest BCUT2D eigenvalue weighted by Crippen LogP contribution is 1.94. The SMILES string of the molecule is N=C=O.O=C=NCCCCCN=C=O. The molecule has 0 unspecified atom stereocenters. The van der Waals surface area contributed by atoms with Crippen LogP contribution in [0, 0.1) is 5.41 Å². The number of unbranched alkanes of at least 4 members (excludes halogenated alkanes) is 2. The average molecular weight is 197 g/mol. The summed E-state index contributed by atoms with van der Waals surface area (Å²) in [5.74, 6) is 0. The van der Waals surface area contributed by atoms with Crippen LogP contribution in [0.2, 0.25) is 0 Å². The van der Waals surface area contributed by atoms with Crippen LogP contribution in [0.1, 0.15) is 19.3 Å². The van der Waals surface area contributed by atoms with Gasteiger partial charge in [-0.05, 0) is 19.3 Å². The minimum atomic E-state index is 0.522. The number of isocyanates is 3. The fourth-order valence-corrected chi connectivity index (χ4v) is 0.650. The van der Waals surface area contributed by atoms with E-state index >= 15 is 0 Å². The molecule has 6 heteroatoms. The molecule has 14 heavy (non-hydrogen) atoms. The lowest BCUT2D eigenvalue weighted by Crippen LogP contribution is -1.84. The van der Waals surface area contributed by atoms with Crippen LogP contribution >= 0.6 is 0 Å². The first-order valence-corrected chi connectivity index (χ1v) is 3.94. The van der Waals surface area contributed by atoms with Gasteiger partial charge >= 0.3 is 0 Å². The van der Waals surface area contributed by atoms with Crippen LogP contribution in [0.15, 0.2) is 9.98 Å². The van der Waals surface area contributed by atoms with Gasteiger partial charge in [-0.2, -0.15) is 0 Å². The molecule has 76 valence electrons. The predicted molar refractivity (Wildman–Crippen MR) is 48.2 cm³/mol. The van der Waals surface area contributed by atoms with Crippen molar-refractivity contribution in [2.45, 2.75) is 19.3 Å². The lowest BCUT2D eigenvalue weighted by molar-refractivity contribution is 0.560. The Hall–Kier alpha value is -1.86. The van der Waals surface area contributed by atoms with Crippen LogP contribution in [0.25, 0.3) is 0 Å². The van der Waals surface area contributed by atoms with Crippen molar-refractivity contribution >= 4 is 18.2 Å². The normalized spacial score (nSPS) is 6.86. The zero-order chi connectivity index (χ0) is 11.1. The van der Waals surface area contributed by atoms with Crippen molar-refractivity contribution in [1.82, 2.24) is 0 Å². The molecule has 0 saturated carbocycles. The van der Waals surface area contributed by atoms with Gasteiger partial charge in [0.1, 0.15) is 0 Å². The van der Waals surface area contributed by atoms with Gasteiger partial charge in [0, 0.05) is 0 Å². The first-order valence-electron chi connectivity index (χ1n) is 3.94. The second-order valence-electron chi connectivity index (χ2n) is 2.11. The summed E-state index contributed by atoms with van der Waals surface area (Å²) in [6.45, 7) is 1.04. The third-order valence-corrected chi connectivity index (χ3v) is 1.17. The fourth-order valence-electron chi connectivity index (χ4n) is 0.650. The minimum Gasteiger partial charge on any atom is -0.222 e. The maximum absolute atomic E-state index is 9.58. The molecule has 0 fully saturated rings. The van der Waals surface area contributed by atoms with Crippen LogP contribution in [-0.2, 0) is 14.4 Å². The Balaban J connectivity index is 0. The molecule has 0 atom stereocenters. The summed E-state index contributed by atoms with van der Waals surface area (Å²) in [5, 5.41) is 5.40. The zero-order valence-electron chi connectivity index (χ0n) is 7.65. The molecule has 0 heterocycles. The van der Waals surface area contributed by atoms with Gasteiger partial charge in [-0.25, -0.2) is 29.8 Å². The van der Waals surface area contributed by atoms with Gasteiger partial charge in [0.15, 0.2) is 0 Å². The summed E-state index contributed by atoms with van der Waals surface area (Å²) in [5.41, 5.74) is 0. The molecule has 0 aromatic heterocycles. The van der Waals surface area contributed by atoms with Crippen molar-refractivity contribution in [3.05, 3.63) is 0 Å². The van der Waals surface area contributed by atoms with Crippen LogP contribution in [0.4, 0.5) is 0 Å². The summed E-state index contributed by atoms with van der Waals surface area (Å²) in [6.07, 6.45) is 6.30. The Morgan fingerprint density at radius 2 is 1.21 bits per heavy atom. The Bertz CT molecular complexity index is 227. The molecule has 0 aliphatic rings. The standard InChI is InChI=1S/C7H10N2O2.CHNO/c10-6-8-4-2-1-3-5-9-7-11;2-1-3/h1-5H2;2H. The van der Waals surface area contributed by atoms with E-state index in [0.29, 0.717) is 13.1 Å². The highest BCUT2D eigenvalue weighted by molar-refractivity contribution is 5.33. The van der Waals surface area contributed by atoms with Crippen LogP contribution in [0.5, 0.6) is 0 Å². The van der Waals surface area contributed by atoms with E-state index in [-0.39, 0.29) is 0 Å². The molecule has 0 bridgehead atoms. The third kappa shape index (κ3) is 22.5. The maximum atomic E-state index is 9.58. The van der Waals surface area contributed by atoms with Gasteiger partial charge in [-0.3, -0.25) is 0 Å². The average Bonchev–Trinajstić information content (AvgIpc) is 2.18. The highest BCUT2D eigenvalue weighted by atomic mass is 16.1. The molecular formula is C8H11N3O3. The first kappa shape index (κ1) is 14.7. The number of hydrogen-bond donors (Lipinski definition) is 1. The van der Waals surface area contributed by atoms with E-state index in [1.165, 1.54) is 12.2 Å². The Kier molecular flexibility index (Phi) is 18.1. The number of nitrogens with one attached hydrogen (secondary N) is 1. The van der Waals surface area contributed by atoms with Crippen molar-refractivity contribution in [3.63, 3.8) is 0 Å². The lowest BCUT2D eigenvalue weighted by Gasteiger charge is -1.90. The molecule has 0 aliphatic carbocycles. The molecule has 0 aliphatic heterocycles. The van der Waals surface area contributed by atoms with Crippen molar-refractivity contribution < 1.29 is 14.4 Å². The van der Waals surface area contributed by atoms with Gasteiger partial charge < -0.3 is 0 Å². The van der Waals surface area contributed by atoms with E-state index < -0.39 is 0 Å². The third-order valence-electron chi connectivity index (χ3n) is 1.17. The van der Waals surface area contributed by atoms with Crippen molar-refractivity contribution in [1.29, 1.82) is 5.41 Å². The van der Waals surface area contributed by atoms with E-state index in [4.69, 9.17) is 10.2 Å². The number of carbonyl (C=O) groups excluding carboxylic acids is 3.